The minimum Gasteiger partial charge on any atom is -0.508 e. The molecular formula is C39H32ClN3O5. The van der Waals surface area contributed by atoms with E-state index >= 15 is 4.79 Å². The number of hydrogen-bond acceptors (Lipinski definition) is 6. The van der Waals surface area contributed by atoms with Gasteiger partial charge in [-0.1, -0.05) is 89.5 Å². The molecule has 48 heavy (non-hydrogen) atoms. The van der Waals surface area contributed by atoms with Crippen LogP contribution in [0.2, 0.25) is 5.02 Å². The summed E-state index contributed by atoms with van der Waals surface area (Å²) in [6.07, 6.45) is 2.45. The van der Waals surface area contributed by atoms with Gasteiger partial charge in [-0.15, -0.1) is 0 Å². The lowest BCUT2D eigenvalue weighted by Crippen LogP contribution is -2.53. The largest absolute Gasteiger partial charge is 0.508 e. The third-order valence-corrected chi connectivity index (χ3v) is 11.0. The van der Waals surface area contributed by atoms with Crippen molar-refractivity contribution in [2.45, 2.75) is 31.1 Å². The molecule has 3 fully saturated rings. The monoisotopic (exact) mass is 657 g/mol. The number of phenols is 1. The van der Waals surface area contributed by atoms with Crippen LogP contribution in [0.25, 0.3) is 0 Å². The van der Waals surface area contributed by atoms with Gasteiger partial charge in [0.2, 0.25) is 11.8 Å². The van der Waals surface area contributed by atoms with E-state index in [4.69, 9.17) is 11.6 Å². The molecule has 2 saturated heterocycles. The smallest absolute Gasteiger partial charge is 0.260 e. The first kappa shape index (κ1) is 30.1. The fraction of sp³-hybridized carbons (Fsp3) is 0.231. The van der Waals surface area contributed by atoms with E-state index in [1.807, 2.05) is 67.6 Å². The second kappa shape index (κ2) is 11.2. The first-order valence-corrected chi connectivity index (χ1v) is 16.5. The maximum Gasteiger partial charge on any atom is 0.260 e. The van der Waals surface area contributed by atoms with Gasteiger partial charge in [-0.2, -0.15) is 5.01 Å². The van der Waals surface area contributed by atoms with E-state index in [0.29, 0.717) is 27.5 Å². The molecule has 0 spiro atoms. The van der Waals surface area contributed by atoms with Crippen molar-refractivity contribution in [2.75, 3.05) is 10.3 Å². The Hall–Kier alpha value is -5.21. The van der Waals surface area contributed by atoms with Crippen LogP contribution in [-0.4, -0.2) is 33.7 Å². The number of aryl methyl sites for hydroxylation is 1. The Morgan fingerprint density at radius 1 is 0.792 bits per heavy atom. The van der Waals surface area contributed by atoms with Crippen LogP contribution >= 0.6 is 11.6 Å². The van der Waals surface area contributed by atoms with Crippen LogP contribution in [0.15, 0.2) is 115 Å². The number of amides is 4. The molecule has 1 saturated carbocycles. The molecular weight excluding hydrogens is 626 g/mol. The predicted molar refractivity (Wildman–Crippen MR) is 181 cm³/mol. The van der Waals surface area contributed by atoms with E-state index < -0.39 is 46.8 Å². The molecule has 240 valence electrons. The minimum absolute atomic E-state index is 0.0120. The summed E-state index contributed by atoms with van der Waals surface area (Å²) in [6, 6.07) is 30.2. The molecule has 4 aromatic carbocycles. The number of halogens is 1. The van der Waals surface area contributed by atoms with Gasteiger partial charge >= 0.3 is 0 Å². The van der Waals surface area contributed by atoms with E-state index in [1.54, 1.807) is 48.5 Å². The number of fused-ring (bicyclic) bond motifs is 4. The average molecular weight is 658 g/mol. The summed E-state index contributed by atoms with van der Waals surface area (Å²) < 4.78 is 0. The summed E-state index contributed by atoms with van der Waals surface area (Å²) in [5.74, 6) is -5.07. The van der Waals surface area contributed by atoms with Crippen LogP contribution in [0.5, 0.6) is 5.75 Å². The van der Waals surface area contributed by atoms with Crippen molar-refractivity contribution in [1.82, 2.24) is 5.01 Å². The number of aromatic hydroxyl groups is 1. The highest BCUT2D eigenvalue weighted by Gasteiger charge is 2.70. The lowest BCUT2D eigenvalue weighted by atomic mass is 9.49. The van der Waals surface area contributed by atoms with Gasteiger partial charge in [0.1, 0.15) is 5.75 Å². The summed E-state index contributed by atoms with van der Waals surface area (Å²) >= 11 is 6.12. The van der Waals surface area contributed by atoms with Crippen LogP contribution in [0.1, 0.15) is 35.4 Å². The number of imide groups is 2. The number of para-hydroxylation sites is 1. The normalized spacial score (nSPS) is 27.8. The fourth-order valence-electron chi connectivity index (χ4n) is 8.67. The Bertz CT molecular complexity index is 2010. The van der Waals surface area contributed by atoms with Crippen molar-refractivity contribution >= 4 is 46.6 Å². The highest BCUT2D eigenvalue weighted by atomic mass is 35.5. The summed E-state index contributed by atoms with van der Waals surface area (Å²) in [5, 5.41) is 13.0. The lowest BCUT2D eigenvalue weighted by Gasteiger charge is -2.50. The number of hydrogen-bond donors (Lipinski definition) is 2. The quantitative estimate of drug-likeness (QED) is 0.186. The molecule has 4 aliphatic rings. The van der Waals surface area contributed by atoms with Crippen molar-refractivity contribution in [1.29, 1.82) is 0 Å². The van der Waals surface area contributed by atoms with E-state index in [1.165, 1.54) is 4.90 Å². The molecule has 0 aromatic heterocycles. The van der Waals surface area contributed by atoms with Gasteiger partial charge in [0.25, 0.3) is 11.8 Å². The number of nitrogens with zero attached hydrogens (tertiary/aromatic N) is 2. The molecule has 2 aliphatic carbocycles. The molecule has 8 rings (SSSR count). The number of rotatable bonds is 5. The number of hydrazine groups is 1. The molecule has 0 radical (unpaired) electrons. The number of carbonyl (C=O) groups excluding carboxylic acids is 4. The number of carbonyl (C=O) groups is 4. The Kier molecular flexibility index (Phi) is 7.03. The molecule has 6 atom stereocenters. The van der Waals surface area contributed by atoms with E-state index in [-0.39, 0.29) is 30.4 Å². The molecule has 4 aromatic rings. The minimum atomic E-state index is -1.44. The van der Waals surface area contributed by atoms with Crippen molar-refractivity contribution < 1.29 is 24.3 Å². The highest BCUT2D eigenvalue weighted by molar-refractivity contribution is 6.31. The topological polar surface area (TPSA) is 107 Å². The number of anilines is 2. The van der Waals surface area contributed by atoms with Gasteiger partial charge in [0.15, 0.2) is 0 Å². The zero-order chi connectivity index (χ0) is 33.3. The van der Waals surface area contributed by atoms with Crippen molar-refractivity contribution in [3.05, 3.63) is 136 Å². The molecule has 0 bridgehead atoms. The summed E-state index contributed by atoms with van der Waals surface area (Å²) in [5.41, 5.74) is 5.63. The van der Waals surface area contributed by atoms with Crippen LogP contribution in [-0.2, 0) is 24.6 Å². The number of benzene rings is 4. The summed E-state index contributed by atoms with van der Waals surface area (Å²) in [6.45, 7) is 1.96. The third-order valence-electron chi connectivity index (χ3n) is 10.7. The Morgan fingerprint density at radius 3 is 2.19 bits per heavy atom. The fourth-order valence-corrected chi connectivity index (χ4v) is 8.79. The van der Waals surface area contributed by atoms with E-state index in [0.717, 1.165) is 16.1 Å². The highest BCUT2D eigenvalue weighted by Crippen LogP contribution is 2.64. The predicted octanol–water partition coefficient (Wildman–Crippen LogP) is 6.54. The van der Waals surface area contributed by atoms with E-state index in [2.05, 4.69) is 5.43 Å². The van der Waals surface area contributed by atoms with Crippen molar-refractivity contribution in [3.63, 3.8) is 0 Å². The molecule has 8 nitrogen and oxygen atoms in total. The van der Waals surface area contributed by atoms with Gasteiger partial charge in [-0.05, 0) is 73.7 Å². The first-order chi connectivity index (χ1) is 23.2. The molecule has 2 heterocycles. The van der Waals surface area contributed by atoms with Gasteiger partial charge in [0.05, 0.1) is 34.5 Å². The summed E-state index contributed by atoms with van der Waals surface area (Å²) in [4.78, 5) is 59.3. The first-order valence-electron chi connectivity index (χ1n) is 16.1. The SMILES string of the molecule is Cc1ccc(NN2C(=O)[C@@H]3C[C@@H]4C(=CC[C@@H]5C(=O)N(c6ccc(Cl)cc6)C(=O)[C@@H]54)[C@H](c4ccccc4O)[C@]3(c3ccccc3)C2=O)cc1. The Labute approximate surface area is 282 Å². The van der Waals surface area contributed by atoms with Crippen LogP contribution in [0, 0.1) is 30.6 Å². The number of nitrogens with one attached hydrogen (secondary N) is 1. The van der Waals surface area contributed by atoms with Gasteiger partial charge in [-0.3, -0.25) is 29.5 Å². The number of allylic oxidation sites excluding steroid dienone is 2. The zero-order valence-corrected chi connectivity index (χ0v) is 26.8. The van der Waals surface area contributed by atoms with Gasteiger partial charge in [-0.25, -0.2) is 0 Å². The molecule has 4 amide bonds. The van der Waals surface area contributed by atoms with Crippen molar-refractivity contribution in [2.24, 2.45) is 23.7 Å². The Balaban J connectivity index is 1.31. The lowest BCUT2D eigenvalue weighted by molar-refractivity contribution is -0.138. The van der Waals surface area contributed by atoms with Crippen LogP contribution in [0.3, 0.4) is 0 Å². The van der Waals surface area contributed by atoms with Gasteiger partial charge < -0.3 is 5.11 Å². The van der Waals surface area contributed by atoms with Crippen molar-refractivity contribution in [3.8, 4) is 5.75 Å². The molecule has 0 unspecified atom stereocenters. The molecule has 2 N–H and O–H groups in total. The zero-order valence-electron chi connectivity index (χ0n) is 26.0. The van der Waals surface area contributed by atoms with Crippen LogP contribution < -0.4 is 10.3 Å². The average Bonchev–Trinajstić information content (AvgIpc) is 3.48. The second-order valence-electron chi connectivity index (χ2n) is 13.1. The third kappa shape index (κ3) is 4.28. The maximum absolute atomic E-state index is 15.1. The molecule has 9 heteroatoms. The second-order valence-corrected chi connectivity index (χ2v) is 13.6. The maximum atomic E-state index is 15.1. The molecule has 2 aliphatic heterocycles. The standard InChI is InChI=1S/C39H32ClN3O5/c1-22-11-15-25(16-12-22)41-43-36(46)31-21-30-27(19-20-29-33(30)37(47)42(35(29)45)26-17-13-24(40)14-18-26)34(28-9-5-6-10-32(28)44)39(31,38(43)48)23-7-3-2-4-8-23/h2-19,29-31,33-34,41,44H,20-21H2,1H3/t29-,30+,31-,33-,34+,39+/m0/s1. The van der Waals surface area contributed by atoms with E-state index in [9.17, 15) is 19.5 Å². The van der Waals surface area contributed by atoms with Crippen LogP contribution in [0.4, 0.5) is 11.4 Å². The summed E-state index contributed by atoms with van der Waals surface area (Å²) in [7, 11) is 0. The number of phenolic OH excluding ortho intramolecular Hbond substituents is 1. The Morgan fingerprint density at radius 2 is 1.48 bits per heavy atom. The van der Waals surface area contributed by atoms with Gasteiger partial charge in [0, 0.05) is 16.5 Å².